The molecule has 0 saturated carbocycles. The van der Waals surface area contributed by atoms with Gasteiger partial charge in [0.15, 0.2) is 0 Å². The van der Waals surface area contributed by atoms with Crippen molar-refractivity contribution in [1.29, 1.82) is 0 Å². The lowest BCUT2D eigenvalue weighted by Gasteiger charge is -2.32. The minimum absolute atomic E-state index is 0.0469. The summed E-state index contributed by atoms with van der Waals surface area (Å²) in [6.45, 7) is 1.16. The van der Waals surface area contributed by atoms with E-state index in [-0.39, 0.29) is 23.8 Å². The van der Waals surface area contributed by atoms with Gasteiger partial charge in [-0.05, 0) is 55.2 Å². The van der Waals surface area contributed by atoms with Gasteiger partial charge in [-0.1, -0.05) is 36.4 Å². The zero-order valence-corrected chi connectivity index (χ0v) is 18.9. The first-order chi connectivity index (χ1) is 16.6. The van der Waals surface area contributed by atoms with Gasteiger partial charge in [0.2, 0.25) is 5.91 Å². The summed E-state index contributed by atoms with van der Waals surface area (Å²) >= 11 is 0. The highest BCUT2D eigenvalue weighted by molar-refractivity contribution is 6.05. The first-order valence-corrected chi connectivity index (χ1v) is 11.5. The van der Waals surface area contributed by atoms with E-state index in [1.165, 1.54) is 6.20 Å². The Kier molecular flexibility index (Phi) is 7.65. The summed E-state index contributed by atoms with van der Waals surface area (Å²) in [6, 6.07) is 20.4. The van der Waals surface area contributed by atoms with Crippen molar-refractivity contribution in [1.82, 2.24) is 15.2 Å². The van der Waals surface area contributed by atoms with E-state index in [4.69, 9.17) is 0 Å². The van der Waals surface area contributed by atoms with E-state index in [2.05, 4.69) is 15.6 Å². The molecule has 1 aliphatic rings. The first kappa shape index (κ1) is 23.2. The van der Waals surface area contributed by atoms with Crippen molar-refractivity contribution in [3.05, 3.63) is 95.8 Å². The Labute approximate surface area is 199 Å². The standard InChI is InChI=1S/C27H28N4O3/c32-25(12-11-20-6-2-1-3-7-20)29-23-13-16-31(17-14-23)27(34)21-8-4-10-24(18-21)30-26(33)22-9-5-15-28-19-22/h1-10,15,18-19,23H,11-14,16-17H2,(H,29,32)(H,30,33). The number of hydrogen-bond donors (Lipinski definition) is 2. The molecule has 2 aromatic carbocycles. The maximum absolute atomic E-state index is 13.0. The third-order valence-electron chi connectivity index (χ3n) is 5.92. The number of aromatic nitrogens is 1. The van der Waals surface area contributed by atoms with Crippen LogP contribution in [0.3, 0.4) is 0 Å². The van der Waals surface area contributed by atoms with E-state index in [0.29, 0.717) is 36.3 Å². The summed E-state index contributed by atoms with van der Waals surface area (Å²) < 4.78 is 0. The van der Waals surface area contributed by atoms with Crippen LogP contribution in [0.25, 0.3) is 0 Å². The summed E-state index contributed by atoms with van der Waals surface area (Å²) in [4.78, 5) is 43.5. The summed E-state index contributed by atoms with van der Waals surface area (Å²) in [5.74, 6) is -0.307. The second kappa shape index (κ2) is 11.2. The van der Waals surface area contributed by atoms with Gasteiger partial charge in [-0.3, -0.25) is 19.4 Å². The summed E-state index contributed by atoms with van der Waals surface area (Å²) in [5.41, 5.74) is 2.68. The largest absolute Gasteiger partial charge is 0.353 e. The van der Waals surface area contributed by atoms with Crippen molar-refractivity contribution in [3.63, 3.8) is 0 Å². The number of rotatable bonds is 7. The number of pyridine rings is 1. The van der Waals surface area contributed by atoms with Gasteiger partial charge >= 0.3 is 0 Å². The Bertz CT molecular complexity index is 1130. The Hall–Kier alpha value is -4.00. The van der Waals surface area contributed by atoms with E-state index >= 15 is 0 Å². The van der Waals surface area contributed by atoms with E-state index in [9.17, 15) is 14.4 Å². The fraction of sp³-hybridized carbons (Fsp3) is 0.259. The lowest BCUT2D eigenvalue weighted by atomic mass is 10.0. The molecule has 7 heteroatoms. The van der Waals surface area contributed by atoms with Crippen LogP contribution in [0.2, 0.25) is 0 Å². The number of likely N-dealkylation sites (tertiary alicyclic amines) is 1. The van der Waals surface area contributed by atoms with Crippen molar-refractivity contribution < 1.29 is 14.4 Å². The summed E-state index contributed by atoms with van der Waals surface area (Å²) in [6.07, 6.45) is 5.73. The molecule has 0 radical (unpaired) electrons. The van der Waals surface area contributed by atoms with Crippen LogP contribution >= 0.6 is 0 Å². The molecular formula is C27H28N4O3. The topological polar surface area (TPSA) is 91.4 Å². The predicted molar refractivity (Wildman–Crippen MR) is 130 cm³/mol. The molecule has 0 spiro atoms. The van der Waals surface area contributed by atoms with Crippen LogP contribution < -0.4 is 10.6 Å². The Morgan fingerprint density at radius 1 is 0.912 bits per heavy atom. The molecule has 1 aromatic heterocycles. The van der Waals surface area contributed by atoms with Crippen LogP contribution in [0.15, 0.2) is 79.1 Å². The molecule has 174 valence electrons. The molecule has 2 N–H and O–H groups in total. The van der Waals surface area contributed by atoms with E-state index in [1.807, 2.05) is 30.3 Å². The van der Waals surface area contributed by atoms with Crippen molar-refractivity contribution in [3.8, 4) is 0 Å². The zero-order valence-electron chi connectivity index (χ0n) is 18.9. The number of aryl methyl sites for hydroxylation is 1. The maximum atomic E-state index is 13.0. The number of hydrogen-bond acceptors (Lipinski definition) is 4. The SMILES string of the molecule is O=C(CCc1ccccc1)NC1CCN(C(=O)c2cccc(NC(=O)c3cccnc3)c2)CC1. The highest BCUT2D eigenvalue weighted by atomic mass is 16.2. The lowest BCUT2D eigenvalue weighted by molar-refractivity contribution is -0.122. The van der Waals surface area contributed by atoms with Crippen molar-refractivity contribution in [2.75, 3.05) is 18.4 Å². The second-order valence-electron chi connectivity index (χ2n) is 8.40. The highest BCUT2D eigenvalue weighted by Crippen LogP contribution is 2.18. The van der Waals surface area contributed by atoms with Gasteiger partial charge in [0.25, 0.3) is 11.8 Å². The Morgan fingerprint density at radius 2 is 1.68 bits per heavy atom. The highest BCUT2D eigenvalue weighted by Gasteiger charge is 2.24. The number of amides is 3. The Morgan fingerprint density at radius 3 is 2.41 bits per heavy atom. The number of nitrogens with one attached hydrogen (secondary N) is 2. The molecule has 3 aromatic rings. The number of nitrogens with zero attached hydrogens (tertiary/aromatic N) is 2. The van der Waals surface area contributed by atoms with Crippen LogP contribution in [-0.4, -0.2) is 46.7 Å². The number of carbonyl (C=O) groups excluding carboxylic acids is 3. The minimum atomic E-state index is -0.276. The molecule has 1 aliphatic heterocycles. The quantitative estimate of drug-likeness (QED) is 0.567. The van der Waals surface area contributed by atoms with Gasteiger partial charge in [-0.2, -0.15) is 0 Å². The minimum Gasteiger partial charge on any atom is -0.353 e. The normalized spacial score (nSPS) is 13.8. The molecule has 3 amide bonds. The van der Waals surface area contributed by atoms with Crippen LogP contribution in [0.1, 0.15) is 45.5 Å². The number of benzene rings is 2. The zero-order chi connectivity index (χ0) is 23.8. The van der Waals surface area contributed by atoms with Crippen molar-refractivity contribution >= 4 is 23.4 Å². The smallest absolute Gasteiger partial charge is 0.257 e. The van der Waals surface area contributed by atoms with Crippen LogP contribution in [0.5, 0.6) is 0 Å². The van der Waals surface area contributed by atoms with E-state index in [0.717, 1.165) is 24.8 Å². The molecule has 0 bridgehead atoms. The van der Waals surface area contributed by atoms with Crippen molar-refractivity contribution in [2.24, 2.45) is 0 Å². The molecular weight excluding hydrogens is 428 g/mol. The molecule has 1 saturated heterocycles. The monoisotopic (exact) mass is 456 g/mol. The molecule has 0 aliphatic carbocycles. The average Bonchev–Trinajstić information content (AvgIpc) is 2.89. The van der Waals surface area contributed by atoms with Gasteiger partial charge in [0.05, 0.1) is 5.56 Å². The lowest BCUT2D eigenvalue weighted by Crippen LogP contribution is -2.46. The maximum Gasteiger partial charge on any atom is 0.257 e. The summed E-state index contributed by atoms with van der Waals surface area (Å²) in [5, 5.41) is 5.92. The molecule has 0 atom stereocenters. The molecule has 4 rings (SSSR count). The molecule has 0 unspecified atom stereocenters. The van der Waals surface area contributed by atoms with Crippen LogP contribution in [-0.2, 0) is 11.2 Å². The van der Waals surface area contributed by atoms with Crippen molar-refractivity contribution in [2.45, 2.75) is 31.7 Å². The van der Waals surface area contributed by atoms with Crippen LogP contribution in [0.4, 0.5) is 5.69 Å². The third kappa shape index (κ3) is 6.28. The second-order valence-corrected chi connectivity index (χ2v) is 8.40. The molecule has 1 fully saturated rings. The molecule has 2 heterocycles. The summed E-state index contributed by atoms with van der Waals surface area (Å²) in [7, 11) is 0. The third-order valence-corrected chi connectivity index (χ3v) is 5.92. The fourth-order valence-corrected chi connectivity index (χ4v) is 4.04. The Balaban J connectivity index is 1.26. The van der Waals surface area contributed by atoms with E-state index in [1.54, 1.807) is 47.5 Å². The van der Waals surface area contributed by atoms with Gasteiger partial charge in [-0.25, -0.2) is 0 Å². The van der Waals surface area contributed by atoms with E-state index < -0.39 is 0 Å². The number of carbonyl (C=O) groups is 3. The molecule has 34 heavy (non-hydrogen) atoms. The fourth-order valence-electron chi connectivity index (χ4n) is 4.04. The average molecular weight is 457 g/mol. The number of anilines is 1. The predicted octanol–water partition coefficient (Wildman–Crippen LogP) is 3.69. The van der Waals surface area contributed by atoms with Crippen LogP contribution in [0, 0.1) is 0 Å². The molecule has 7 nitrogen and oxygen atoms in total. The number of piperidine rings is 1. The van der Waals surface area contributed by atoms with Gasteiger partial charge in [0.1, 0.15) is 0 Å². The van der Waals surface area contributed by atoms with Gasteiger partial charge < -0.3 is 15.5 Å². The first-order valence-electron chi connectivity index (χ1n) is 11.5. The van der Waals surface area contributed by atoms with Gasteiger partial charge in [-0.15, -0.1) is 0 Å². The van der Waals surface area contributed by atoms with Gasteiger partial charge in [0, 0.05) is 49.2 Å².